The molecule has 2 aliphatic rings. The number of benzene rings is 2. The van der Waals surface area contributed by atoms with Crippen LogP contribution in [0.2, 0.25) is 0 Å². The molecule has 0 aromatic heterocycles. The van der Waals surface area contributed by atoms with E-state index in [1.807, 2.05) is 24.3 Å². The van der Waals surface area contributed by atoms with Gasteiger partial charge in [-0.2, -0.15) is 0 Å². The van der Waals surface area contributed by atoms with Gasteiger partial charge < -0.3 is 20.5 Å². The Balaban J connectivity index is 1.22. The first kappa shape index (κ1) is 24.8. The molecule has 1 fully saturated rings. The zero-order valence-electron chi connectivity index (χ0n) is 20.2. The summed E-state index contributed by atoms with van der Waals surface area (Å²) in [6.45, 7) is 2.05. The molecular weight excluding hydrogens is 444 g/mol. The van der Waals surface area contributed by atoms with E-state index in [4.69, 9.17) is 4.74 Å². The summed E-state index contributed by atoms with van der Waals surface area (Å²) in [5.41, 5.74) is 4.60. The van der Waals surface area contributed by atoms with Crippen molar-refractivity contribution in [1.82, 2.24) is 10.6 Å². The average molecular weight is 479 g/mol. The van der Waals surface area contributed by atoms with E-state index in [1.165, 1.54) is 0 Å². The van der Waals surface area contributed by atoms with Crippen molar-refractivity contribution < 1.29 is 24.2 Å². The van der Waals surface area contributed by atoms with Crippen LogP contribution < -0.4 is 10.6 Å². The number of carbonyl (C=O) groups is 3. The Morgan fingerprint density at radius 1 is 1.00 bits per heavy atom. The van der Waals surface area contributed by atoms with E-state index in [1.54, 1.807) is 6.92 Å². The van der Waals surface area contributed by atoms with Crippen LogP contribution in [0.5, 0.6) is 0 Å². The molecule has 7 nitrogen and oxygen atoms in total. The third-order valence-electron chi connectivity index (χ3n) is 7.19. The van der Waals surface area contributed by atoms with Crippen molar-refractivity contribution in [1.29, 1.82) is 0 Å². The molecule has 0 spiro atoms. The van der Waals surface area contributed by atoms with Crippen LogP contribution in [0.25, 0.3) is 11.1 Å². The molecule has 2 aromatic rings. The van der Waals surface area contributed by atoms with Crippen molar-refractivity contribution in [2.24, 2.45) is 11.8 Å². The number of carbonyl (C=O) groups excluding carboxylic acids is 2. The Labute approximate surface area is 206 Å². The van der Waals surface area contributed by atoms with Gasteiger partial charge in [-0.05, 0) is 41.5 Å². The molecule has 2 aromatic carbocycles. The standard InChI is InChI=1S/C28H34N2O5/c1-18(14-26(31)29-16-20(27(32)33)15-19-8-2-3-9-19)30-28(34)35-17-25-23-12-6-4-10-21(23)22-11-5-7-13-24(22)25/h4-7,10-13,18-20,25H,2-3,8-9,14-17H2,1H3,(H,29,31)(H,30,34)(H,32,33)/t18-,20?/m1/s1. The van der Waals surface area contributed by atoms with Gasteiger partial charge in [0.25, 0.3) is 0 Å². The predicted octanol–water partition coefficient (Wildman–Crippen LogP) is 4.70. The number of carboxylic acids is 1. The lowest BCUT2D eigenvalue weighted by molar-refractivity contribution is -0.142. The number of rotatable bonds is 10. The van der Waals surface area contributed by atoms with Crippen molar-refractivity contribution >= 4 is 18.0 Å². The Bertz CT molecular complexity index is 1020. The van der Waals surface area contributed by atoms with E-state index < -0.39 is 24.0 Å². The Morgan fingerprint density at radius 3 is 2.20 bits per heavy atom. The van der Waals surface area contributed by atoms with Crippen LogP contribution in [0.3, 0.4) is 0 Å². The molecule has 0 bridgehead atoms. The van der Waals surface area contributed by atoms with Gasteiger partial charge in [0.1, 0.15) is 6.61 Å². The highest BCUT2D eigenvalue weighted by Gasteiger charge is 2.29. The van der Waals surface area contributed by atoms with E-state index >= 15 is 0 Å². The van der Waals surface area contributed by atoms with Gasteiger partial charge in [0.15, 0.2) is 0 Å². The van der Waals surface area contributed by atoms with E-state index in [9.17, 15) is 19.5 Å². The van der Waals surface area contributed by atoms with E-state index in [0.717, 1.165) is 47.9 Å². The van der Waals surface area contributed by atoms with Gasteiger partial charge >= 0.3 is 12.1 Å². The maximum absolute atomic E-state index is 12.4. The highest BCUT2D eigenvalue weighted by atomic mass is 16.5. The lowest BCUT2D eigenvalue weighted by Crippen LogP contribution is -2.40. The second-order valence-corrected chi connectivity index (χ2v) is 9.80. The van der Waals surface area contributed by atoms with Gasteiger partial charge in [0, 0.05) is 24.9 Å². The van der Waals surface area contributed by atoms with Crippen LogP contribution in [-0.4, -0.2) is 42.3 Å². The van der Waals surface area contributed by atoms with Crippen molar-refractivity contribution in [3.63, 3.8) is 0 Å². The molecule has 2 atom stereocenters. The van der Waals surface area contributed by atoms with Crippen LogP contribution in [0.4, 0.5) is 4.79 Å². The minimum atomic E-state index is -0.873. The van der Waals surface area contributed by atoms with E-state index in [-0.39, 0.29) is 31.4 Å². The number of aliphatic carboxylic acids is 1. The van der Waals surface area contributed by atoms with Crippen LogP contribution in [0.15, 0.2) is 48.5 Å². The first-order valence-electron chi connectivity index (χ1n) is 12.5. The molecule has 0 aliphatic heterocycles. The molecular formula is C28H34N2O5. The third-order valence-corrected chi connectivity index (χ3v) is 7.19. The quantitative estimate of drug-likeness (QED) is 0.459. The highest BCUT2D eigenvalue weighted by molar-refractivity contribution is 5.80. The van der Waals surface area contributed by atoms with Crippen LogP contribution in [0.1, 0.15) is 62.5 Å². The van der Waals surface area contributed by atoms with Gasteiger partial charge in [-0.1, -0.05) is 74.2 Å². The molecule has 3 N–H and O–H groups in total. The monoisotopic (exact) mass is 478 g/mol. The molecule has 186 valence electrons. The minimum Gasteiger partial charge on any atom is -0.481 e. The fraction of sp³-hybridized carbons (Fsp3) is 0.464. The summed E-state index contributed by atoms with van der Waals surface area (Å²) in [4.78, 5) is 36.3. The SMILES string of the molecule is C[C@H](CC(=O)NCC(CC1CCCC1)C(=O)O)NC(=O)OCC1c2ccccc2-c2ccccc21. The van der Waals surface area contributed by atoms with Crippen molar-refractivity contribution in [3.05, 3.63) is 59.7 Å². The largest absolute Gasteiger partial charge is 0.481 e. The Hall–Kier alpha value is -3.35. The average Bonchev–Trinajstić information content (AvgIpc) is 3.46. The van der Waals surface area contributed by atoms with Gasteiger partial charge in [-0.15, -0.1) is 0 Å². The fourth-order valence-corrected chi connectivity index (χ4v) is 5.40. The smallest absolute Gasteiger partial charge is 0.407 e. The number of hydrogen-bond acceptors (Lipinski definition) is 4. The maximum Gasteiger partial charge on any atom is 0.407 e. The summed E-state index contributed by atoms with van der Waals surface area (Å²) < 4.78 is 5.54. The Morgan fingerprint density at radius 2 is 1.60 bits per heavy atom. The van der Waals surface area contributed by atoms with Crippen molar-refractivity contribution in [2.75, 3.05) is 13.2 Å². The topological polar surface area (TPSA) is 105 Å². The molecule has 1 saturated carbocycles. The molecule has 2 aliphatic carbocycles. The Kier molecular flexibility index (Phi) is 8.06. The second-order valence-electron chi connectivity index (χ2n) is 9.80. The first-order chi connectivity index (χ1) is 16.9. The number of amides is 2. The molecule has 2 amide bonds. The normalized spacial score (nSPS) is 16.7. The molecule has 4 rings (SSSR count). The van der Waals surface area contributed by atoms with Crippen molar-refractivity contribution in [2.45, 2.75) is 57.4 Å². The highest BCUT2D eigenvalue weighted by Crippen LogP contribution is 2.44. The van der Waals surface area contributed by atoms with E-state index in [2.05, 4.69) is 34.9 Å². The number of hydrogen-bond donors (Lipinski definition) is 3. The summed E-state index contributed by atoms with van der Waals surface area (Å²) in [6.07, 6.45) is 4.53. The van der Waals surface area contributed by atoms with Gasteiger partial charge in [0.05, 0.1) is 5.92 Å². The first-order valence-corrected chi connectivity index (χ1v) is 12.5. The molecule has 1 unspecified atom stereocenters. The lowest BCUT2D eigenvalue weighted by Gasteiger charge is -2.19. The van der Waals surface area contributed by atoms with Gasteiger partial charge in [-0.3, -0.25) is 9.59 Å². The summed E-state index contributed by atoms with van der Waals surface area (Å²) >= 11 is 0. The van der Waals surface area contributed by atoms with E-state index in [0.29, 0.717) is 12.3 Å². The number of fused-ring (bicyclic) bond motifs is 3. The van der Waals surface area contributed by atoms with Crippen LogP contribution in [-0.2, 0) is 14.3 Å². The number of carboxylic acid groups (broad SMARTS) is 1. The predicted molar refractivity (Wildman–Crippen MR) is 133 cm³/mol. The summed E-state index contributed by atoms with van der Waals surface area (Å²) in [5, 5.41) is 14.9. The van der Waals surface area contributed by atoms with Gasteiger partial charge in [0.2, 0.25) is 5.91 Å². The zero-order valence-corrected chi connectivity index (χ0v) is 20.2. The number of ether oxygens (including phenoxy) is 1. The van der Waals surface area contributed by atoms with Crippen LogP contribution >= 0.6 is 0 Å². The third kappa shape index (κ3) is 6.21. The maximum atomic E-state index is 12.4. The lowest BCUT2D eigenvalue weighted by atomic mass is 9.93. The molecule has 0 saturated heterocycles. The number of nitrogens with one attached hydrogen (secondary N) is 2. The number of alkyl carbamates (subject to hydrolysis) is 1. The molecule has 7 heteroatoms. The summed E-state index contributed by atoms with van der Waals surface area (Å²) in [6, 6.07) is 15.8. The molecule has 0 radical (unpaired) electrons. The molecule has 0 heterocycles. The zero-order chi connectivity index (χ0) is 24.8. The minimum absolute atomic E-state index is 0.0282. The summed E-state index contributed by atoms with van der Waals surface area (Å²) in [5.74, 6) is -1.33. The van der Waals surface area contributed by atoms with Crippen molar-refractivity contribution in [3.8, 4) is 11.1 Å². The van der Waals surface area contributed by atoms with Crippen LogP contribution in [0, 0.1) is 11.8 Å². The summed E-state index contributed by atoms with van der Waals surface area (Å²) in [7, 11) is 0. The second kappa shape index (κ2) is 11.4. The van der Waals surface area contributed by atoms with Gasteiger partial charge in [-0.25, -0.2) is 4.79 Å². The fourth-order valence-electron chi connectivity index (χ4n) is 5.40. The molecule has 35 heavy (non-hydrogen) atoms.